The molecule has 1 N–H and O–H groups in total. The van der Waals surface area contributed by atoms with Crippen LogP contribution < -0.4 is 5.32 Å². The molecule has 18 heavy (non-hydrogen) atoms. The molecule has 1 aromatic heterocycles. The number of sulfone groups is 1. The molecule has 0 spiro atoms. The summed E-state index contributed by atoms with van der Waals surface area (Å²) in [5.41, 5.74) is 0. The van der Waals surface area contributed by atoms with Gasteiger partial charge in [-0.1, -0.05) is 6.92 Å². The maximum absolute atomic E-state index is 11.4. The molecule has 0 aromatic carbocycles. The summed E-state index contributed by atoms with van der Waals surface area (Å²) in [7, 11) is -2.86. The monoisotopic (exact) mass is 272 g/mol. The van der Waals surface area contributed by atoms with E-state index in [0.717, 1.165) is 31.7 Å². The second kappa shape index (κ2) is 5.84. The van der Waals surface area contributed by atoms with Crippen LogP contribution in [-0.2, 0) is 16.3 Å². The molecule has 0 saturated carbocycles. The van der Waals surface area contributed by atoms with E-state index in [1.807, 2.05) is 0 Å². The number of hydrogen-bond acceptors (Lipinski definition) is 5. The van der Waals surface area contributed by atoms with Gasteiger partial charge in [0.2, 0.25) is 0 Å². The highest BCUT2D eigenvalue weighted by atomic mass is 32.2. The minimum Gasteiger partial charge on any atom is -0.445 e. The first-order chi connectivity index (χ1) is 8.61. The number of nitrogens with zero attached hydrogens (tertiary/aromatic N) is 1. The Labute approximate surface area is 108 Å². The van der Waals surface area contributed by atoms with Gasteiger partial charge < -0.3 is 9.73 Å². The van der Waals surface area contributed by atoms with E-state index in [-0.39, 0.29) is 17.4 Å². The lowest BCUT2D eigenvalue weighted by Gasteiger charge is -2.02. The molecule has 1 atom stereocenters. The second-order valence-corrected chi connectivity index (χ2v) is 6.99. The number of hydrogen-bond donors (Lipinski definition) is 1. The van der Waals surface area contributed by atoms with Crippen molar-refractivity contribution in [1.29, 1.82) is 0 Å². The minimum absolute atomic E-state index is 0.000138. The van der Waals surface area contributed by atoms with Crippen LogP contribution in [0.2, 0.25) is 0 Å². The Kier molecular flexibility index (Phi) is 4.40. The Bertz CT molecular complexity index is 481. The summed E-state index contributed by atoms with van der Waals surface area (Å²) in [6, 6.07) is 0. The lowest BCUT2D eigenvalue weighted by Crippen LogP contribution is -2.17. The van der Waals surface area contributed by atoms with Gasteiger partial charge in [-0.05, 0) is 19.4 Å². The first-order valence-corrected chi connectivity index (χ1v) is 8.28. The van der Waals surface area contributed by atoms with Gasteiger partial charge in [-0.15, -0.1) is 0 Å². The van der Waals surface area contributed by atoms with Crippen LogP contribution in [0.1, 0.15) is 37.3 Å². The lowest BCUT2D eigenvalue weighted by atomic mass is 10.1. The standard InChI is InChI=1S/C12H20N2O3S/c1-2-5-13-6-3-12-14-8-11(17-12)10-4-7-18(15,16)9-10/h8,10,13H,2-7,9H2,1H3. The molecule has 1 fully saturated rings. The van der Waals surface area contributed by atoms with Gasteiger partial charge in [-0.25, -0.2) is 13.4 Å². The molecule has 6 heteroatoms. The fraction of sp³-hybridized carbons (Fsp3) is 0.750. The Hall–Kier alpha value is -0.880. The first kappa shape index (κ1) is 13.5. The van der Waals surface area contributed by atoms with Crippen LogP contribution in [0.4, 0.5) is 0 Å². The molecule has 1 aliphatic rings. The summed E-state index contributed by atoms with van der Waals surface area (Å²) < 4.78 is 28.4. The predicted octanol–water partition coefficient (Wildman–Crippen LogP) is 1.12. The van der Waals surface area contributed by atoms with E-state index in [2.05, 4.69) is 17.2 Å². The summed E-state index contributed by atoms with van der Waals surface area (Å²) in [5, 5.41) is 3.28. The normalized spacial score (nSPS) is 22.4. The average molecular weight is 272 g/mol. The Morgan fingerprint density at radius 3 is 3.00 bits per heavy atom. The number of nitrogens with one attached hydrogen (secondary N) is 1. The molecule has 0 radical (unpaired) electrons. The molecular formula is C12H20N2O3S. The number of rotatable bonds is 6. The minimum atomic E-state index is -2.86. The quantitative estimate of drug-likeness (QED) is 0.786. The highest BCUT2D eigenvalue weighted by molar-refractivity contribution is 7.91. The van der Waals surface area contributed by atoms with Crippen molar-refractivity contribution < 1.29 is 12.8 Å². The van der Waals surface area contributed by atoms with E-state index < -0.39 is 9.84 Å². The smallest absolute Gasteiger partial charge is 0.195 e. The third-order valence-corrected chi connectivity index (χ3v) is 4.92. The van der Waals surface area contributed by atoms with Gasteiger partial charge in [0.25, 0.3) is 0 Å². The second-order valence-electron chi connectivity index (χ2n) is 4.76. The summed E-state index contributed by atoms with van der Waals surface area (Å²) in [4.78, 5) is 4.20. The SMILES string of the molecule is CCCNCCc1ncc(C2CCS(=O)(=O)C2)o1. The van der Waals surface area contributed by atoms with Crippen LogP contribution in [0, 0.1) is 0 Å². The third kappa shape index (κ3) is 3.55. The Morgan fingerprint density at radius 2 is 2.33 bits per heavy atom. The van der Waals surface area contributed by atoms with E-state index in [9.17, 15) is 8.42 Å². The first-order valence-electron chi connectivity index (χ1n) is 6.46. The molecule has 2 heterocycles. The van der Waals surface area contributed by atoms with Crippen molar-refractivity contribution in [3.63, 3.8) is 0 Å². The van der Waals surface area contributed by atoms with Gasteiger partial charge in [0.05, 0.1) is 17.7 Å². The van der Waals surface area contributed by atoms with Crippen LogP contribution in [0.15, 0.2) is 10.6 Å². The fourth-order valence-electron chi connectivity index (χ4n) is 2.15. The van der Waals surface area contributed by atoms with Gasteiger partial charge in [0.1, 0.15) is 5.76 Å². The highest BCUT2D eigenvalue weighted by Crippen LogP contribution is 2.29. The summed E-state index contributed by atoms with van der Waals surface area (Å²) >= 11 is 0. The van der Waals surface area contributed by atoms with Crippen molar-refractivity contribution in [3.8, 4) is 0 Å². The van der Waals surface area contributed by atoms with Crippen molar-refractivity contribution >= 4 is 9.84 Å². The largest absolute Gasteiger partial charge is 0.445 e. The van der Waals surface area contributed by atoms with Crippen molar-refractivity contribution in [2.75, 3.05) is 24.6 Å². The van der Waals surface area contributed by atoms with E-state index in [4.69, 9.17) is 4.42 Å². The van der Waals surface area contributed by atoms with Gasteiger partial charge in [-0.2, -0.15) is 0 Å². The average Bonchev–Trinajstić information content (AvgIpc) is 2.91. The van der Waals surface area contributed by atoms with E-state index in [1.54, 1.807) is 6.20 Å². The molecule has 1 saturated heterocycles. The maximum atomic E-state index is 11.4. The van der Waals surface area contributed by atoms with E-state index in [1.165, 1.54) is 0 Å². The van der Waals surface area contributed by atoms with Crippen molar-refractivity contribution in [2.45, 2.75) is 32.1 Å². The van der Waals surface area contributed by atoms with Crippen LogP contribution in [-0.4, -0.2) is 38.0 Å². The number of oxazole rings is 1. The molecule has 2 rings (SSSR count). The maximum Gasteiger partial charge on any atom is 0.195 e. The van der Waals surface area contributed by atoms with Gasteiger partial charge in [0, 0.05) is 18.9 Å². The summed E-state index contributed by atoms with van der Waals surface area (Å²) in [5.74, 6) is 1.89. The topological polar surface area (TPSA) is 72.2 Å². The van der Waals surface area contributed by atoms with Crippen LogP contribution >= 0.6 is 0 Å². The molecule has 1 aromatic rings. The molecule has 5 nitrogen and oxygen atoms in total. The molecule has 1 unspecified atom stereocenters. The Morgan fingerprint density at radius 1 is 1.50 bits per heavy atom. The molecule has 102 valence electrons. The zero-order chi connectivity index (χ0) is 13.0. The van der Waals surface area contributed by atoms with Gasteiger partial charge in [-0.3, -0.25) is 0 Å². The molecular weight excluding hydrogens is 252 g/mol. The highest BCUT2D eigenvalue weighted by Gasteiger charge is 2.31. The van der Waals surface area contributed by atoms with Crippen LogP contribution in [0.3, 0.4) is 0 Å². The predicted molar refractivity (Wildman–Crippen MR) is 69.4 cm³/mol. The van der Waals surface area contributed by atoms with Crippen LogP contribution in [0.25, 0.3) is 0 Å². The van der Waals surface area contributed by atoms with Crippen LogP contribution in [0.5, 0.6) is 0 Å². The van der Waals surface area contributed by atoms with E-state index >= 15 is 0 Å². The number of aromatic nitrogens is 1. The third-order valence-electron chi connectivity index (χ3n) is 3.15. The lowest BCUT2D eigenvalue weighted by molar-refractivity contribution is 0.428. The van der Waals surface area contributed by atoms with Gasteiger partial charge in [0.15, 0.2) is 15.7 Å². The van der Waals surface area contributed by atoms with Crippen molar-refractivity contribution in [3.05, 3.63) is 17.8 Å². The fourth-order valence-corrected chi connectivity index (χ4v) is 3.90. The van der Waals surface area contributed by atoms with Crippen molar-refractivity contribution in [2.24, 2.45) is 0 Å². The molecule has 1 aliphatic heterocycles. The zero-order valence-corrected chi connectivity index (χ0v) is 11.5. The Balaban J connectivity index is 1.86. The summed E-state index contributed by atoms with van der Waals surface area (Å²) in [6.07, 6.45) is 4.20. The zero-order valence-electron chi connectivity index (χ0n) is 10.7. The van der Waals surface area contributed by atoms with Gasteiger partial charge >= 0.3 is 0 Å². The summed E-state index contributed by atoms with van der Waals surface area (Å²) in [6.45, 7) is 3.96. The molecule has 0 bridgehead atoms. The molecule has 0 aliphatic carbocycles. The van der Waals surface area contributed by atoms with E-state index in [0.29, 0.717) is 12.3 Å². The molecule has 0 amide bonds. The van der Waals surface area contributed by atoms with Crippen molar-refractivity contribution in [1.82, 2.24) is 10.3 Å².